The molecule has 5 nitrogen and oxygen atoms in total. The summed E-state index contributed by atoms with van der Waals surface area (Å²) >= 11 is 0. The number of hydroxylamine groups is 1. The van der Waals surface area contributed by atoms with Crippen LogP contribution in [0.3, 0.4) is 0 Å². The van der Waals surface area contributed by atoms with Crippen LogP contribution >= 0.6 is 0 Å². The van der Waals surface area contributed by atoms with E-state index in [0.717, 1.165) is 17.2 Å². The van der Waals surface area contributed by atoms with Crippen LogP contribution in [0, 0.1) is 13.8 Å². The second kappa shape index (κ2) is 5.69. The number of nitrogens with zero attached hydrogens (tertiary/aromatic N) is 2. The highest BCUT2D eigenvalue weighted by Gasteiger charge is 2.20. The maximum Gasteiger partial charge on any atom is 0.295 e. The van der Waals surface area contributed by atoms with E-state index in [2.05, 4.69) is 10.5 Å². The first-order valence-corrected chi connectivity index (χ1v) is 6.89. The van der Waals surface area contributed by atoms with Crippen LogP contribution in [0.1, 0.15) is 42.8 Å². The number of carbonyl (C=O) groups excluding carboxylic acids is 1. The van der Waals surface area contributed by atoms with Gasteiger partial charge in [-0.15, -0.1) is 0 Å². The summed E-state index contributed by atoms with van der Waals surface area (Å²) < 4.78 is 1.95. The van der Waals surface area contributed by atoms with E-state index in [9.17, 15) is 4.79 Å². The molecular formula is C16H21N3O2. The lowest BCUT2D eigenvalue weighted by molar-refractivity contribution is -0.0591. The fourth-order valence-electron chi connectivity index (χ4n) is 2.06. The van der Waals surface area contributed by atoms with Crippen molar-refractivity contribution in [1.29, 1.82) is 0 Å². The first-order valence-electron chi connectivity index (χ1n) is 6.89. The summed E-state index contributed by atoms with van der Waals surface area (Å²) in [6, 6.07) is 9.83. The molecule has 0 aliphatic rings. The van der Waals surface area contributed by atoms with E-state index in [-0.39, 0.29) is 5.91 Å². The van der Waals surface area contributed by atoms with Gasteiger partial charge in [-0.25, -0.2) is 10.5 Å². The van der Waals surface area contributed by atoms with Gasteiger partial charge in [0.2, 0.25) is 0 Å². The molecule has 0 atom stereocenters. The van der Waals surface area contributed by atoms with Crippen LogP contribution in [-0.4, -0.2) is 21.1 Å². The number of para-hydroxylation sites is 1. The summed E-state index contributed by atoms with van der Waals surface area (Å²) in [5, 5.41) is 0. The predicted octanol–water partition coefficient (Wildman–Crippen LogP) is 2.95. The minimum atomic E-state index is -0.444. The van der Waals surface area contributed by atoms with Crippen LogP contribution in [0.15, 0.2) is 30.3 Å². The summed E-state index contributed by atoms with van der Waals surface area (Å²) in [6.45, 7) is 9.36. The zero-order valence-corrected chi connectivity index (χ0v) is 13.1. The molecule has 112 valence electrons. The Hall–Kier alpha value is -2.14. The number of benzene rings is 1. The Morgan fingerprint density at radius 1 is 1.19 bits per heavy atom. The molecule has 5 heteroatoms. The molecular weight excluding hydrogens is 266 g/mol. The molecule has 1 N–H and O–H groups in total. The third-order valence-electron chi connectivity index (χ3n) is 2.95. The zero-order chi connectivity index (χ0) is 15.6. The zero-order valence-electron chi connectivity index (χ0n) is 13.1. The predicted molar refractivity (Wildman–Crippen MR) is 81.3 cm³/mol. The van der Waals surface area contributed by atoms with Crippen LogP contribution in [0.2, 0.25) is 0 Å². The average Bonchev–Trinajstić information content (AvgIpc) is 2.71. The van der Waals surface area contributed by atoms with Gasteiger partial charge in [-0.1, -0.05) is 18.2 Å². The van der Waals surface area contributed by atoms with Gasteiger partial charge in [-0.2, -0.15) is 0 Å². The SMILES string of the molecule is Cc1nc(C(=O)NOC(C)(C)C)c(C)n1-c1ccccc1. The lowest BCUT2D eigenvalue weighted by Crippen LogP contribution is -2.34. The second-order valence-corrected chi connectivity index (χ2v) is 5.91. The van der Waals surface area contributed by atoms with Crippen molar-refractivity contribution in [3.63, 3.8) is 0 Å². The summed E-state index contributed by atoms with van der Waals surface area (Å²) in [5.41, 5.74) is 4.16. The van der Waals surface area contributed by atoms with Gasteiger partial charge in [0.25, 0.3) is 5.91 Å². The van der Waals surface area contributed by atoms with Gasteiger partial charge in [-0.05, 0) is 46.8 Å². The lowest BCUT2D eigenvalue weighted by Gasteiger charge is -2.18. The maximum atomic E-state index is 12.2. The molecule has 0 bridgehead atoms. The van der Waals surface area contributed by atoms with E-state index in [1.807, 2.05) is 69.5 Å². The van der Waals surface area contributed by atoms with E-state index in [1.54, 1.807) is 0 Å². The highest BCUT2D eigenvalue weighted by atomic mass is 16.7. The molecule has 1 aromatic heterocycles. The van der Waals surface area contributed by atoms with Gasteiger partial charge in [0, 0.05) is 5.69 Å². The number of hydrogen-bond acceptors (Lipinski definition) is 3. The Balaban J connectivity index is 2.29. The van der Waals surface area contributed by atoms with Gasteiger partial charge < -0.3 is 4.57 Å². The van der Waals surface area contributed by atoms with Crippen molar-refractivity contribution in [3.05, 3.63) is 47.5 Å². The average molecular weight is 287 g/mol. The van der Waals surface area contributed by atoms with E-state index in [0.29, 0.717) is 5.69 Å². The quantitative estimate of drug-likeness (QED) is 0.883. The standard InChI is InChI=1S/C16H21N3O2/c1-11-14(15(20)18-21-16(3,4)5)17-12(2)19(11)13-9-7-6-8-10-13/h6-10H,1-5H3,(H,18,20). The second-order valence-electron chi connectivity index (χ2n) is 5.91. The molecule has 0 aliphatic carbocycles. The van der Waals surface area contributed by atoms with Gasteiger partial charge in [-0.3, -0.25) is 9.63 Å². The summed E-state index contributed by atoms with van der Waals surface area (Å²) in [4.78, 5) is 21.9. The lowest BCUT2D eigenvalue weighted by atomic mass is 10.2. The monoisotopic (exact) mass is 287 g/mol. The number of aromatic nitrogens is 2. The highest BCUT2D eigenvalue weighted by Crippen LogP contribution is 2.17. The van der Waals surface area contributed by atoms with Crippen molar-refractivity contribution in [2.75, 3.05) is 0 Å². The third-order valence-corrected chi connectivity index (χ3v) is 2.95. The maximum absolute atomic E-state index is 12.2. The first kappa shape index (κ1) is 15.3. The fourth-order valence-corrected chi connectivity index (χ4v) is 2.06. The number of hydrogen-bond donors (Lipinski definition) is 1. The number of amides is 1. The molecule has 1 amide bonds. The van der Waals surface area contributed by atoms with Gasteiger partial charge in [0.15, 0.2) is 5.69 Å². The van der Waals surface area contributed by atoms with E-state index < -0.39 is 5.60 Å². The van der Waals surface area contributed by atoms with Gasteiger partial charge >= 0.3 is 0 Å². The molecule has 2 aromatic rings. The molecule has 0 fully saturated rings. The van der Waals surface area contributed by atoms with E-state index in [1.165, 1.54) is 0 Å². The van der Waals surface area contributed by atoms with Crippen LogP contribution in [0.25, 0.3) is 5.69 Å². The minimum Gasteiger partial charge on any atom is -0.300 e. The topological polar surface area (TPSA) is 56.1 Å². The molecule has 0 saturated heterocycles. The smallest absolute Gasteiger partial charge is 0.295 e. The molecule has 0 spiro atoms. The van der Waals surface area contributed by atoms with Crippen molar-refractivity contribution < 1.29 is 9.63 Å². The van der Waals surface area contributed by atoms with Crippen molar-refractivity contribution in [1.82, 2.24) is 15.0 Å². The Kier molecular flexibility index (Phi) is 4.14. The highest BCUT2D eigenvalue weighted by molar-refractivity contribution is 5.93. The fraction of sp³-hybridized carbons (Fsp3) is 0.375. The molecule has 0 saturated carbocycles. The Morgan fingerprint density at radius 3 is 2.38 bits per heavy atom. The number of imidazole rings is 1. The molecule has 2 rings (SSSR count). The van der Waals surface area contributed by atoms with E-state index in [4.69, 9.17) is 4.84 Å². The normalized spacial score (nSPS) is 11.5. The number of carbonyl (C=O) groups is 1. The molecule has 1 heterocycles. The molecule has 21 heavy (non-hydrogen) atoms. The van der Waals surface area contributed by atoms with Crippen LogP contribution < -0.4 is 5.48 Å². The number of aryl methyl sites for hydroxylation is 1. The summed E-state index contributed by atoms with van der Waals surface area (Å²) in [7, 11) is 0. The number of nitrogens with one attached hydrogen (secondary N) is 1. The van der Waals surface area contributed by atoms with Crippen molar-refractivity contribution in [3.8, 4) is 5.69 Å². The van der Waals surface area contributed by atoms with Crippen LogP contribution in [-0.2, 0) is 4.84 Å². The molecule has 0 aliphatic heterocycles. The Morgan fingerprint density at radius 2 is 1.81 bits per heavy atom. The van der Waals surface area contributed by atoms with Crippen molar-refractivity contribution >= 4 is 5.91 Å². The van der Waals surface area contributed by atoms with Crippen molar-refractivity contribution in [2.45, 2.75) is 40.2 Å². The van der Waals surface area contributed by atoms with E-state index >= 15 is 0 Å². The van der Waals surface area contributed by atoms with Gasteiger partial charge in [0.05, 0.1) is 11.3 Å². The first-order chi connectivity index (χ1) is 9.79. The molecule has 0 unspecified atom stereocenters. The summed E-state index contributed by atoms with van der Waals surface area (Å²) in [5.74, 6) is 0.430. The van der Waals surface area contributed by atoms with Crippen molar-refractivity contribution in [2.24, 2.45) is 0 Å². The minimum absolute atomic E-state index is 0.333. The molecule has 0 radical (unpaired) electrons. The third kappa shape index (κ3) is 3.49. The number of rotatable bonds is 3. The largest absolute Gasteiger partial charge is 0.300 e. The Labute approximate surface area is 124 Å². The van der Waals surface area contributed by atoms with Crippen LogP contribution in [0.4, 0.5) is 0 Å². The molecule has 1 aromatic carbocycles. The van der Waals surface area contributed by atoms with Crippen LogP contribution in [0.5, 0.6) is 0 Å². The van der Waals surface area contributed by atoms with Gasteiger partial charge in [0.1, 0.15) is 5.82 Å². The summed E-state index contributed by atoms with van der Waals surface area (Å²) in [6.07, 6.45) is 0. The Bertz CT molecular complexity index is 640.